The van der Waals surface area contributed by atoms with Crippen molar-refractivity contribution < 1.29 is 28.7 Å². The quantitative estimate of drug-likeness (QED) is 0.266. The Balaban J connectivity index is 1.51. The number of nitrogens with zero attached hydrogens (tertiary/aromatic N) is 3. The summed E-state index contributed by atoms with van der Waals surface area (Å²) in [6, 6.07) is 15.4. The number of carbonyl (C=O) groups excluding carboxylic acids is 4. The maximum absolute atomic E-state index is 13.7. The van der Waals surface area contributed by atoms with Gasteiger partial charge in [0.15, 0.2) is 5.82 Å². The lowest BCUT2D eigenvalue weighted by Crippen LogP contribution is -2.59. The highest BCUT2D eigenvalue weighted by molar-refractivity contribution is 5.98. The van der Waals surface area contributed by atoms with E-state index in [9.17, 15) is 19.2 Å². The van der Waals surface area contributed by atoms with E-state index in [1.54, 1.807) is 31.5 Å². The summed E-state index contributed by atoms with van der Waals surface area (Å²) in [5.41, 5.74) is 0.558. The van der Waals surface area contributed by atoms with Gasteiger partial charge in [0.25, 0.3) is 5.91 Å². The molecular weight excluding hydrogens is 600 g/mol. The highest BCUT2D eigenvalue weighted by atomic mass is 16.6. The minimum atomic E-state index is -1.42. The summed E-state index contributed by atoms with van der Waals surface area (Å²) >= 11 is 0. The predicted octanol–water partition coefficient (Wildman–Crippen LogP) is 4.35. The molecule has 1 aliphatic rings. The third-order valence-corrected chi connectivity index (χ3v) is 7.56. The Morgan fingerprint density at radius 2 is 1.66 bits per heavy atom. The molecule has 0 bridgehead atoms. The van der Waals surface area contributed by atoms with E-state index in [1.165, 1.54) is 20.2 Å². The largest absolute Gasteiger partial charge is 0.444 e. The van der Waals surface area contributed by atoms with Crippen LogP contribution in [0.4, 0.5) is 10.6 Å². The molecule has 4 rings (SSSR count). The monoisotopic (exact) mass is 646 g/mol. The summed E-state index contributed by atoms with van der Waals surface area (Å²) in [5.74, 6) is -1.03. The highest BCUT2D eigenvalue weighted by Gasteiger charge is 2.35. The zero-order valence-electron chi connectivity index (χ0n) is 28.0. The van der Waals surface area contributed by atoms with Crippen LogP contribution in [0.15, 0.2) is 67.1 Å². The van der Waals surface area contributed by atoms with Crippen LogP contribution in [0.5, 0.6) is 0 Å². The van der Waals surface area contributed by atoms with Crippen LogP contribution >= 0.6 is 0 Å². The number of likely N-dealkylation sites (tertiary alicyclic amines) is 1. The second kappa shape index (κ2) is 15.3. The Kier molecular flexibility index (Phi) is 11.4. The van der Waals surface area contributed by atoms with E-state index in [0.29, 0.717) is 13.1 Å². The number of amides is 4. The lowest BCUT2D eigenvalue weighted by Gasteiger charge is -2.29. The van der Waals surface area contributed by atoms with E-state index in [1.807, 2.05) is 66.4 Å². The van der Waals surface area contributed by atoms with E-state index >= 15 is 0 Å². The van der Waals surface area contributed by atoms with Gasteiger partial charge in [-0.1, -0.05) is 60.2 Å². The normalized spacial score (nSPS) is 14.6. The molecule has 12 heteroatoms. The topological polar surface area (TPSA) is 144 Å². The van der Waals surface area contributed by atoms with Crippen molar-refractivity contribution in [1.29, 1.82) is 0 Å². The number of alkyl carbamates (subject to hydrolysis) is 1. The van der Waals surface area contributed by atoms with Crippen molar-refractivity contribution in [3.63, 3.8) is 0 Å². The predicted molar refractivity (Wildman–Crippen MR) is 177 cm³/mol. The van der Waals surface area contributed by atoms with Gasteiger partial charge in [-0.25, -0.2) is 9.78 Å². The number of aryl methyl sites for hydroxylation is 1. The molecule has 4 amide bonds. The molecule has 3 aromatic rings. The molecule has 1 fully saturated rings. The average molecular weight is 647 g/mol. The third-order valence-electron chi connectivity index (χ3n) is 7.56. The zero-order chi connectivity index (χ0) is 34.2. The molecule has 2 unspecified atom stereocenters. The van der Waals surface area contributed by atoms with Gasteiger partial charge in [0.05, 0.1) is 19.5 Å². The van der Waals surface area contributed by atoms with Gasteiger partial charge in [-0.3, -0.25) is 14.4 Å². The molecule has 0 spiro atoms. The number of rotatable bonds is 12. The lowest BCUT2D eigenvalue weighted by molar-refractivity contribution is -0.132. The Hall–Kier alpha value is -4.71. The molecule has 1 aromatic heterocycles. The van der Waals surface area contributed by atoms with Gasteiger partial charge in [-0.15, -0.1) is 0 Å². The number of anilines is 1. The number of carbonyl (C=O) groups is 4. The van der Waals surface area contributed by atoms with E-state index in [-0.39, 0.29) is 24.9 Å². The number of hydrogen-bond acceptors (Lipinski definition) is 7. The van der Waals surface area contributed by atoms with Gasteiger partial charge in [-0.2, -0.15) is 0 Å². The number of aromatic nitrogens is 2. The average Bonchev–Trinajstić information content (AvgIpc) is 3.69. The Labute approximate surface area is 276 Å². The van der Waals surface area contributed by atoms with Gasteiger partial charge >= 0.3 is 6.09 Å². The van der Waals surface area contributed by atoms with Crippen LogP contribution in [0.1, 0.15) is 70.2 Å². The number of nitrogens with one attached hydrogen (secondary N) is 3. The minimum absolute atomic E-state index is 0.0393. The van der Waals surface area contributed by atoms with Gasteiger partial charge in [-0.05, 0) is 65.5 Å². The Morgan fingerprint density at radius 1 is 0.957 bits per heavy atom. The molecular formula is C35H46N6O6. The zero-order valence-corrected chi connectivity index (χ0v) is 28.0. The van der Waals surface area contributed by atoms with E-state index in [2.05, 4.69) is 20.9 Å². The van der Waals surface area contributed by atoms with Crippen LogP contribution in [-0.4, -0.2) is 75.1 Å². The molecule has 3 N–H and O–H groups in total. The standard InChI is InChI=1S/C35H46N6O6/c1-24-13-12-16-26(19-24)29(31(43)40-17-10-11-18-40)41-20-28(36-23-41)38-30(42)27(22-46-21-25-14-8-7-9-15-25)37-32(44)35(5,6)39-33(45)47-34(2,3)4/h7-9,12-16,19-20,23,27,29H,10-11,17-18,21-22H2,1-6H3,(H,37,44)(H,38,42)(H,39,45). The van der Waals surface area contributed by atoms with Crippen molar-refractivity contribution in [2.75, 3.05) is 25.0 Å². The summed E-state index contributed by atoms with van der Waals surface area (Å²) in [7, 11) is 0. The van der Waals surface area contributed by atoms with Gasteiger partial charge < -0.3 is 34.9 Å². The van der Waals surface area contributed by atoms with Crippen LogP contribution in [0.3, 0.4) is 0 Å². The number of ether oxygens (including phenoxy) is 2. The summed E-state index contributed by atoms with van der Waals surface area (Å²) in [4.78, 5) is 59.3. The maximum atomic E-state index is 13.7. The molecule has 2 aromatic carbocycles. The fourth-order valence-electron chi connectivity index (χ4n) is 5.15. The smallest absolute Gasteiger partial charge is 0.408 e. The summed E-state index contributed by atoms with van der Waals surface area (Å²) in [6.45, 7) is 11.6. The fourth-order valence-corrected chi connectivity index (χ4v) is 5.15. The molecule has 0 radical (unpaired) electrons. The lowest BCUT2D eigenvalue weighted by atomic mass is 10.0. The van der Waals surface area contributed by atoms with Crippen LogP contribution in [-0.2, 0) is 30.5 Å². The second-order valence-corrected chi connectivity index (χ2v) is 13.3. The first-order chi connectivity index (χ1) is 22.2. The van der Waals surface area contributed by atoms with Gasteiger partial charge in [0, 0.05) is 19.3 Å². The van der Waals surface area contributed by atoms with E-state index in [0.717, 1.165) is 29.5 Å². The van der Waals surface area contributed by atoms with Crippen LogP contribution < -0.4 is 16.0 Å². The number of benzene rings is 2. The Morgan fingerprint density at radius 3 is 2.32 bits per heavy atom. The first-order valence-electron chi connectivity index (χ1n) is 15.9. The first kappa shape index (κ1) is 35.1. The van der Waals surface area contributed by atoms with Crippen molar-refractivity contribution in [1.82, 2.24) is 25.1 Å². The number of hydrogen-bond donors (Lipinski definition) is 3. The molecule has 252 valence electrons. The Bertz CT molecular complexity index is 1540. The minimum Gasteiger partial charge on any atom is -0.444 e. The third kappa shape index (κ3) is 10.1. The van der Waals surface area contributed by atoms with Crippen LogP contribution in [0, 0.1) is 6.92 Å². The molecule has 0 aliphatic carbocycles. The molecule has 2 atom stereocenters. The molecule has 2 heterocycles. The van der Waals surface area contributed by atoms with Gasteiger partial charge in [0.1, 0.15) is 23.2 Å². The van der Waals surface area contributed by atoms with Crippen molar-refractivity contribution in [3.05, 3.63) is 83.8 Å². The summed E-state index contributed by atoms with van der Waals surface area (Å²) in [5, 5.41) is 8.03. The van der Waals surface area contributed by atoms with Crippen molar-refractivity contribution in [3.8, 4) is 0 Å². The molecule has 12 nitrogen and oxygen atoms in total. The second-order valence-electron chi connectivity index (χ2n) is 13.3. The van der Waals surface area contributed by atoms with Crippen molar-refractivity contribution in [2.45, 2.75) is 84.2 Å². The van der Waals surface area contributed by atoms with E-state index < -0.39 is 41.1 Å². The fraction of sp³-hybridized carbons (Fsp3) is 0.457. The van der Waals surface area contributed by atoms with Crippen molar-refractivity contribution in [2.24, 2.45) is 0 Å². The summed E-state index contributed by atoms with van der Waals surface area (Å²) < 4.78 is 12.8. The van der Waals surface area contributed by atoms with Gasteiger partial charge in [0.2, 0.25) is 11.8 Å². The van der Waals surface area contributed by atoms with Crippen LogP contribution in [0.25, 0.3) is 0 Å². The first-order valence-corrected chi connectivity index (χ1v) is 15.9. The highest BCUT2D eigenvalue weighted by Crippen LogP contribution is 2.25. The summed E-state index contributed by atoms with van der Waals surface area (Å²) in [6.07, 6.45) is 4.28. The molecule has 1 saturated heterocycles. The SMILES string of the molecule is Cc1cccc(C(C(=O)N2CCCC2)n2cnc(NC(=O)C(COCc3ccccc3)NC(=O)C(C)(C)NC(=O)OC(C)(C)C)c2)c1. The molecule has 0 saturated carbocycles. The maximum Gasteiger partial charge on any atom is 0.408 e. The molecule has 1 aliphatic heterocycles. The number of imidazole rings is 1. The van der Waals surface area contributed by atoms with Crippen molar-refractivity contribution >= 4 is 29.6 Å². The van der Waals surface area contributed by atoms with Crippen LogP contribution in [0.2, 0.25) is 0 Å². The van der Waals surface area contributed by atoms with E-state index in [4.69, 9.17) is 9.47 Å². The molecule has 47 heavy (non-hydrogen) atoms.